The molecule has 0 bridgehead atoms. The summed E-state index contributed by atoms with van der Waals surface area (Å²) in [6.45, 7) is 8.80. The van der Waals surface area contributed by atoms with Gasteiger partial charge in [-0.25, -0.2) is 0 Å². The molecule has 0 spiro atoms. The van der Waals surface area contributed by atoms with Crippen LogP contribution in [0, 0.1) is 0 Å². The molecule has 0 unspecified atom stereocenters. The van der Waals surface area contributed by atoms with E-state index in [-0.39, 0.29) is 11.8 Å². The molecular formula is C61H114N2O3. The van der Waals surface area contributed by atoms with Crippen molar-refractivity contribution < 1.29 is 14.3 Å². The van der Waals surface area contributed by atoms with E-state index in [1.807, 2.05) is 0 Å². The summed E-state index contributed by atoms with van der Waals surface area (Å²) < 4.78 is 6.28. The Kier molecular flexibility index (Phi) is 47.7. The number of ether oxygens (including phenoxy) is 1. The highest BCUT2D eigenvalue weighted by molar-refractivity contribution is 6.00. The molecule has 0 aliphatic carbocycles. The van der Waals surface area contributed by atoms with Crippen LogP contribution in [0.1, 0.15) is 343 Å². The lowest BCUT2D eigenvalue weighted by molar-refractivity contribution is 0.0937. The van der Waals surface area contributed by atoms with Crippen molar-refractivity contribution in [3.05, 3.63) is 29.3 Å². The predicted molar refractivity (Wildman–Crippen MR) is 291 cm³/mol. The minimum absolute atomic E-state index is 0.0766. The van der Waals surface area contributed by atoms with Gasteiger partial charge >= 0.3 is 0 Å². The third-order valence-electron chi connectivity index (χ3n) is 14.1. The molecule has 1 aromatic rings. The van der Waals surface area contributed by atoms with E-state index in [9.17, 15) is 9.59 Å². The van der Waals surface area contributed by atoms with Gasteiger partial charge in [-0.05, 0) is 37.5 Å². The molecule has 1 aromatic carbocycles. The first-order valence-electron chi connectivity index (χ1n) is 30.0. The maximum absolute atomic E-state index is 13.4. The van der Waals surface area contributed by atoms with E-state index >= 15 is 0 Å². The first-order chi connectivity index (χ1) is 32.6. The Morgan fingerprint density at radius 2 is 0.591 bits per heavy atom. The molecule has 2 amide bonds. The molecule has 0 radical (unpaired) electrons. The molecule has 0 saturated carbocycles. The first-order valence-corrected chi connectivity index (χ1v) is 30.0. The van der Waals surface area contributed by atoms with Crippen LogP contribution in [-0.2, 0) is 0 Å². The summed E-state index contributed by atoms with van der Waals surface area (Å²) in [5, 5.41) is 6.30. The zero-order chi connectivity index (χ0) is 47.5. The van der Waals surface area contributed by atoms with Crippen molar-refractivity contribution in [3.63, 3.8) is 0 Å². The molecule has 1 rings (SSSR count). The molecular weight excluding hydrogens is 809 g/mol. The predicted octanol–water partition coefficient (Wildman–Crippen LogP) is 19.9. The van der Waals surface area contributed by atoms with Crippen LogP contribution >= 0.6 is 0 Å². The van der Waals surface area contributed by atoms with Crippen LogP contribution in [0.25, 0.3) is 0 Å². The summed E-state index contributed by atoms with van der Waals surface area (Å²) in [6, 6.07) is 5.40. The molecule has 5 heteroatoms. The number of nitrogens with one attached hydrogen (secondary N) is 2. The van der Waals surface area contributed by atoms with Crippen LogP contribution in [-0.4, -0.2) is 31.5 Å². The summed E-state index contributed by atoms with van der Waals surface area (Å²) >= 11 is 0. The number of rotatable bonds is 53. The normalized spacial score (nSPS) is 11.4. The van der Waals surface area contributed by atoms with Gasteiger partial charge in [0.2, 0.25) is 0 Å². The molecule has 0 atom stereocenters. The molecule has 0 saturated heterocycles. The van der Waals surface area contributed by atoms with Gasteiger partial charge in [0.15, 0.2) is 0 Å². The second-order valence-electron chi connectivity index (χ2n) is 20.6. The Labute approximate surface area is 412 Å². The third kappa shape index (κ3) is 41.0. The van der Waals surface area contributed by atoms with Crippen LogP contribution in [0.2, 0.25) is 0 Å². The zero-order valence-electron chi connectivity index (χ0n) is 44.8. The third-order valence-corrected chi connectivity index (χ3v) is 14.1. The molecule has 0 fully saturated rings. The number of carbonyl (C=O) groups is 2. The van der Waals surface area contributed by atoms with Crippen molar-refractivity contribution >= 4 is 11.8 Å². The van der Waals surface area contributed by atoms with Gasteiger partial charge in [0.1, 0.15) is 5.75 Å². The fraction of sp³-hybridized carbons (Fsp3) is 0.869. The highest BCUT2D eigenvalue weighted by Gasteiger charge is 2.16. The summed E-state index contributed by atoms with van der Waals surface area (Å²) in [5.41, 5.74) is 1.12. The molecule has 66 heavy (non-hydrogen) atoms. The van der Waals surface area contributed by atoms with Gasteiger partial charge in [0.25, 0.3) is 11.8 Å². The van der Waals surface area contributed by atoms with Crippen LogP contribution in [0.4, 0.5) is 0 Å². The Balaban J connectivity index is 2.32. The van der Waals surface area contributed by atoms with Crippen molar-refractivity contribution in [1.29, 1.82) is 0 Å². The van der Waals surface area contributed by atoms with E-state index in [1.54, 1.807) is 18.2 Å². The van der Waals surface area contributed by atoms with Gasteiger partial charge in [-0.3, -0.25) is 9.59 Å². The average Bonchev–Trinajstić information content (AvgIpc) is 3.33. The Morgan fingerprint density at radius 1 is 0.333 bits per heavy atom. The lowest BCUT2D eigenvalue weighted by Gasteiger charge is -2.14. The number of benzene rings is 1. The summed E-state index contributed by atoms with van der Waals surface area (Å²) in [5.74, 6) is 0.368. The highest BCUT2D eigenvalue weighted by atomic mass is 16.5. The van der Waals surface area contributed by atoms with Crippen LogP contribution in [0.5, 0.6) is 5.75 Å². The lowest BCUT2D eigenvalue weighted by atomic mass is 10.0. The van der Waals surface area contributed by atoms with E-state index in [1.165, 1.54) is 263 Å². The Morgan fingerprint density at radius 3 is 0.894 bits per heavy atom. The monoisotopic (exact) mass is 923 g/mol. The lowest BCUT2D eigenvalue weighted by Crippen LogP contribution is -2.26. The van der Waals surface area contributed by atoms with Crippen LogP contribution in [0.15, 0.2) is 18.2 Å². The van der Waals surface area contributed by atoms with Gasteiger partial charge in [0, 0.05) is 18.7 Å². The van der Waals surface area contributed by atoms with Gasteiger partial charge in [-0.2, -0.15) is 0 Å². The van der Waals surface area contributed by atoms with Crippen molar-refractivity contribution in [2.45, 2.75) is 323 Å². The first kappa shape index (κ1) is 62.0. The maximum Gasteiger partial charge on any atom is 0.255 e. The summed E-state index contributed by atoms with van der Waals surface area (Å²) in [7, 11) is 0. The van der Waals surface area contributed by atoms with E-state index < -0.39 is 0 Å². The average molecular weight is 924 g/mol. The fourth-order valence-electron chi connectivity index (χ4n) is 9.57. The topological polar surface area (TPSA) is 67.4 Å². The van der Waals surface area contributed by atoms with Crippen molar-refractivity contribution in [1.82, 2.24) is 10.6 Å². The van der Waals surface area contributed by atoms with Crippen molar-refractivity contribution in [3.8, 4) is 5.75 Å². The molecule has 5 nitrogen and oxygen atoms in total. The smallest absolute Gasteiger partial charge is 0.255 e. The molecule has 0 aliphatic heterocycles. The van der Waals surface area contributed by atoms with E-state index in [0.717, 1.165) is 38.5 Å². The minimum atomic E-state index is -0.0957. The summed E-state index contributed by atoms with van der Waals surface area (Å²) in [4.78, 5) is 26.6. The standard InChI is InChI=1S/C61H114N2O3/c1-4-7-10-13-16-19-22-24-26-28-30-32-34-36-39-42-45-48-53-62-60(64)57-51-52-58(59(56-57)66-55-50-47-44-41-38-21-18-15-12-9-6-3)61(65)63-54-49-46-43-40-37-35-33-31-29-27-25-23-20-17-14-11-8-5-2/h51-52,56H,4-50,53-55H2,1-3H3,(H,62,64)(H,63,65). The number of amides is 2. The molecule has 2 N–H and O–H groups in total. The number of carbonyl (C=O) groups excluding carboxylic acids is 2. The Hall–Kier alpha value is -2.04. The van der Waals surface area contributed by atoms with E-state index in [4.69, 9.17) is 4.74 Å². The quantitative estimate of drug-likeness (QED) is 0.0640. The van der Waals surface area contributed by atoms with E-state index in [0.29, 0.717) is 36.6 Å². The minimum Gasteiger partial charge on any atom is -0.493 e. The van der Waals surface area contributed by atoms with Crippen LogP contribution < -0.4 is 15.4 Å². The Bertz CT molecular complexity index is 1170. The molecule has 386 valence electrons. The van der Waals surface area contributed by atoms with Crippen LogP contribution in [0.3, 0.4) is 0 Å². The van der Waals surface area contributed by atoms with Gasteiger partial charge < -0.3 is 15.4 Å². The van der Waals surface area contributed by atoms with E-state index in [2.05, 4.69) is 31.4 Å². The molecule has 0 aromatic heterocycles. The highest BCUT2D eigenvalue weighted by Crippen LogP contribution is 2.23. The number of hydrogen-bond donors (Lipinski definition) is 2. The second kappa shape index (κ2) is 50.8. The van der Waals surface area contributed by atoms with Gasteiger partial charge in [-0.1, -0.05) is 303 Å². The van der Waals surface area contributed by atoms with Crippen molar-refractivity contribution in [2.24, 2.45) is 0 Å². The summed E-state index contributed by atoms with van der Waals surface area (Å²) in [6.07, 6.45) is 62.9. The van der Waals surface area contributed by atoms with Crippen molar-refractivity contribution in [2.75, 3.05) is 19.7 Å². The second-order valence-corrected chi connectivity index (χ2v) is 20.6. The largest absolute Gasteiger partial charge is 0.493 e. The fourth-order valence-corrected chi connectivity index (χ4v) is 9.57. The molecule has 0 heterocycles. The number of unbranched alkanes of at least 4 members (excludes halogenated alkanes) is 44. The molecule has 0 aliphatic rings. The SMILES string of the molecule is CCCCCCCCCCCCCCCCCCCCNC(=O)c1ccc(C(=O)NCCCCCCCCCCCCCCCCCCCC)c(OCCCCCCCCCCCCC)c1. The maximum atomic E-state index is 13.4. The van der Waals surface area contributed by atoms with Gasteiger partial charge in [-0.15, -0.1) is 0 Å². The van der Waals surface area contributed by atoms with Gasteiger partial charge in [0.05, 0.1) is 12.2 Å². The zero-order valence-corrected chi connectivity index (χ0v) is 44.8. The number of hydrogen-bond acceptors (Lipinski definition) is 3.